The fraction of sp³-hybridized carbons (Fsp3) is 0.176. The standard InChI is InChI=1S/C17H17NO5/c19-15(13-9-5-2-6-10-13)14(16(20)21)18-17(22)23-11-12-7-3-1-4-8-12/h1-10,14-15,19H,11H2,(H,18,22)(H,20,21)/t14-,15-/m0/s1. The Bertz CT molecular complexity index is 645. The number of carbonyl (C=O) groups excluding carboxylic acids is 1. The van der Waals surface area contributed by atoms with Crippen molar-refractivity contribution in [3.8, 4) is 0 Å². The number of benzene rings is 2. The first-order chi connectivity index (χ1) is 11.1. The van der Waals surface area contributed by atoms with Gasteiger partial charge in [0.1, 0.15) is 12.7 Å². The molecule has 0 saturated heterocycles. The van der Waals surface area contributed by atoms with Crippen LogP contribution in [0.2, 0.25) is 0 Å². The molecule has 0 bridgehead atoms. The van der Waals surface area contributed by atoms with E-state index < -0.39 is 24.2 Å². The lowest BCUT2D eigenvalue weighted by Gasteiger charge is -2.20. The molecule has 2 aromatic carbocycles. The second-order valence-electron chi connectivity index (χ2n) is 4.88. The van der Waals surface area contributed by atoms with Crippen LogP contribution in [0.5, 0.6) is 0 Å². The van der Waals surface area contributed by atoms with E-state index in [1.807, 2.05) is 6.07 Å². The Labute approximate surface area is 133 Å². The molecule has 2 aromatic rings. The molecule has 0 fully saturated rings. The molecule has 120 valence electrons. The second-order valence-corrected chi connectivity index (χ2v) is 4.88. The van der Waals surface area contributed by atoms with Gasteiger partial charge in [-0.2, -0.15) is 0 Å². The molecule has 0 spiro atoms. The minimum atomic E-state index is -1.50. The first-order valence-corrected chi connectivity index (χ1v) is 7.01. The van der Waals surface area contributed by atoms with Crippen LogP contribution in [0.4, 0.5) is 4.79 Å². The minimum absolute atomic E-state index is 0.0143. The zero-order chi connectivity index (χ0) is 16.7. The van der Waals surface area contributed by atoms with Crippen LogP contribution in [0.25, 0.3) is 0 Å². The summed E-state index contributed by atoms with van der Waals surface area (Å²) in [6, 6.07) is 15.7. The summed E-state index contributed by atoms with van der Waals surface area (Å²) >= 11 is 0. The van der Waals surface area contributed by atoms with E-state index >= 15 is 0 Å². The lowest BCUT2D eigenvalue weighted by molar-refractivity contribution is -0.142. The lowest BCUT2D eigenvalue weighted by Crippen LogP contribution is -2.45. The highest BCUT2D eigenvalue weighted by atomic mass is 16.5. The molecule has 0 aliphatic heterocycles. The maximum Gasteiger partial charge on any atom is 0.408 e. The fourth-order valence-electron chi connectivity index (χ4n) is 2.01. The molecule has 0 unspecified atom stereocenters. The Hall–Kier alpha value is -2.86. The Morgan fingerprint density at radius 2 is 1.57 bits per heavy atom. The van der Waals surface area contributed by atoms with Crippen LogP contribution < -0.4 is 5.32 Å². The van der Waals surface area contributed by atoms with Crippen molar-refractivity contribution >= 4 is 12.1 Å². The van der Waals surface area contributed by atoms with Crippen molar-refractivity contribution in [2.75, 3.05) is 0 Å². The number of carboxylic acids is 1. The highest BCUT2D eigenvalue weighted by Crippen LogP contribution is 2.17. The number of nitrogens with one attached hydrogen (secondary N) is 1. The summed E-state index contributed by atoms with van der Waals surface area (Å²) in [5, 5.41) is 21.5. The molecule has 0 heterocycles. The van der Waals surface area contributed by atoms with Gasteiger partial charge in [0.2, 0.25) is 0 Å². The Morgan fingerprint density at radius 3 is 2.13 bits per heavy atom. The summed E-state index contributed by atoms with van der Waals surface area (Å²) in [5.41, 5.74) is 1.17. The first-order valence-electron chi connectivity index (χ1n) is 7.01. The van der Waals surface area contributed by atoms with Crippen LogP contribution >= 0.6 is 0 Å². The molecule has 0 aliphatic rings. The molecule has 23 heavy (non-hydrogen) atoms. The number of alkyl carbamates (subject to hydrolysis) is 1. The molecule has 6 heteroatoms. The van der Waals surface area contributed by atoms with Crippen LogP contribution in [0, 0.1) is 0 Å². The van der Waals surface area contributed by atoms with E-state index in [-0.39, 0.29) is 6.61 Å². The molecule has 1 amide bonds. The number of ether oxygens (including phenoxy) is 1. The number of amides is 1. The molecule has 2 atom stereocenters. The number of aliphatic hydroxyl groups excluding tert-OH is 1. The third-order valence-electron chi connectivity index (χ3n) is 3.21. The molecule has 0 saturated carbocycles. The lowest BCUT2D eigenvalue weighted by atomic mass is 10.0. The van der Waals surface area contributed by atoms with Crippen molar-refractivity contribution in [3.05, 3.63) is 71.8 Å². The Morgan fingerprint density at radius 1 is 1.00 bits per heavy atom. The topological polar surface area (TPSA) is 95.9 Å². The minimum Gasteiger partial charge on any atom is -0.480 e. The molecular weight excluding hydrogens is 298 g/mol. The SMILES string of the molecule is O=C(N[C@H](C(=O)O)[C@@H](O)c1ccccc1)OCc1ccccc1. The highest BCUT2D eigenvalue weighted by Gasteiger charge is 2.29. The quantitative estimate of drug-likeness (QED) is 0.758. The van der Waals surface area contributed by atoms with Crippen LogP contribution in [0.3, 0.4) is 0 Å². The van der Waals surface area contributed by atoms with E-state index in [0.29, 0.717) is 5.56 Å². The van der Waals surface area contributed by atoms with Gasteiger partial charge >= 0.3 is 12.1 Å². The summed E-state index contributed by atoms with van der Waals surface area (Å²) in [5.74, 6) is -1.35. The molecular formula is C17H17NO5. The van der Waals surface area contributed by atoms with Crippen LogP contribution in [-0.4, -0.2) is 28.3 Å². The Kier molecular flexibility index (Phi) is 5.71. The zero-order valence-electron chi connectivity index (χ0n) is 12.3. The van der Waals surface area contributed by atoms with Crippen molar-refractivity contribution in [2.24, 2.45) is 0 Å². The van der Waals surface area contributed by atoms with E-state index in [1.165, 1.54) is 0 Å². The molecule has 0 radical (unpaired) electrons. The summed E-state index contributed by atoms with van der Waals surface area (Å²) in [7, 11) is 0. The van der Waals surface area contributed by atoms with E-state index in [4.69, 9.17) is 4.74 Å². The first kappa shape index (κ1) is 16.5. The van der Waals surface area contributed by atoms with Crippen LogP contribution in [0.1, 0.15) is 17.2 Å². The third kappa shape index (κ3) is 4.82. The molecule has 0 aromatic heterocycles. The Balaban J connectivity index is 1.96. The average molecular weight is 315 g/mol. The van der Waals surface area contributed by atoms with E-state index in [9.17, 15) is 19.8 Å². The van der Waals surface area contributed by atoms with Gasteiger partial charge in [-0.15, -0.1) is 0 Å². The number of hydrogen-bond donors (Lipinski definition) is 3. The molecule has 6 nitrogen and oxygen atoms in total. The predicted octanol–water partition coefficient (Wildman–Crippen LogP) is 2.10. The van der Waals surface area contributed by atoms with Gasteiger partial charge < -0.3 is 20.3 Å². The van der Waals surface area contributed by atoms with Gasteiger partial charge in [-0.3, -0.25) is 0 Å². The van der Waals surface area contributed by atoms with Gasteiger partial charge in [0.05, 0.1) is 0 Å². The van der Waals surface area contributed by atoms with Crippen molar-refractivity contribution in [1.29, 1.82) is 0 Å². The second kappa shape index (κ2) is 7.95. The molecule has 0 aliphatic carbocycles. The van der Waals surface area contributed by atoms with Gasteiger partial charge in [-0.05, 0) is 11.1 Å². The fourth-order valence-corrected chi connectivity index (χ4v) is 2.01. The van der Waals surface area contributed by atoms with Gasteiger partial charge in [0.25, 0.3) is 0 Å². The zero-order valence-corrected chi connectivity index (χ0v) is 12.3. The van der Waals surface area contributed by atoms with Crippen LogP contribution in [0.15, 0.2) is 60.7 Å². The van der Waals surface area contributed by atoms with Crippen LogP contribution in [-0.2, 0) is 16.1 Å². The summed E-state index contributed by atoms with van der Waals surface area (Å²) in [6.45, 7) is 0.0143. The normalized spacial score (nSPS) is 12.9. The summed E-state index contributed by atoms with van der Waals surface area (Å²) in [4.78, 5) is 23.1. The van der Waals surface area contributed by atoms with Crippen molar-refractivity contribution < 1.29 is 24.5 Å². The van der Waals surface area contributed by atoms with Crippen molar-refractivity contribution in [1.82, 2.24) is 5.32 Å². The smallest absolute Gasteiger partial charge is 0.408 e. The number of carbonyl (C=O) groups is 2. The number of hydrogen-bond acceptors (Lipinski definition) is 4. The van der Waals surface area contributed by atoms with Gasteiger partial charge in [-0.1, -0.05) is 60.7 Å². The maximum atomic E-state index is 11.8. The third-order valence-corrected chi connectivity index (χ3v) is 3.21. The van der Waals surface area contributed by atoms with Gasteiger partial charge in [0, 0.05) is 0 Å². The number of carboxylic acid groups (broad SMARTS) is 1. The summed E-state index contributed by atoms with van der Waals surface area (Å²) in [6.07, 6.45) is -2.28. The average Bonchev–Trinajstić information content (AvgIpc) is 2.58. The maximum absolute atomic E-state index is 11.8. The van der Waals surface area contributed by atoms with E-state index in [1.54, 1.807) is 54.6 Å². The molecule has 2 rings (SSSR count). The number of aliphatic hydroxyl groups is 1. The highest BCUT2D eigenvalue weighted by molar-refractivity contribution is 5.80. The number of aliphatic carboxylic acids is 1. The van der Waals surface area contributed by atoms with Crippen molar-refractivity contribution in [3.63, 3.8) is 0 Å². The monoisotopic (exact) mass is 315 g/mol. The van der Waals surface area contributed by atoms with E-state index in [2.05, 4.69) is 5.32 Å². The predicted molar refractivity (Wildman–Crippen MR) is 82.6 cm³/mol. The largest absolute Gasteiger partial charge is 0.480 e. The molecule has 3 N–H and O–H groups in total. The van der Waals surface area contributed by atoms with Gasteiger partial charge in [0.15, 0.2) is 6.04 Å². The van der Waals surface area contributed by atoms with E-state index in [0.717, 1.165) is 5.56 Å². The number of rotatable bonds is 6. The van der Waals surface area contributed by atoms with Gasteiger partial charge in [-0.25, -0.2) is 9.59 Å². The van der Waals surface area contributed by atoms with Crippen molar-refractivity contribution in [2.45, 2.75) is 18.8 Å². The summed E-state index contributed by atoms with van der Waals surface area (Å²) < 4.78 is 4.97.